The Balaban J connectivity index is 2.44. The zero-order chi connectivity index (χ0) is 11.9. The van der Waals surface area contributed by atoms with Gasteiger partial charge in [0.2, 0.25) is 5.91 Å². The molecule has 1 aliphatic rings. The van der Waals surface area contributed by atoms with Gasteiger partial charge in [0.05, 0.1) is 12.2 Å². The molecule has 1 N–H and O–H groups in total. The number of carbonyl (C=O) groups is 2. The number of fused-ring (bicyclic) bond motifs is 1. The summed E-state index contributed by atoms with van der Waals surface area (Å²) in [6.07, 6.45) is 0.297. The van der Waals surface area contributed by atoms with E-state index < -0.39 is 12.0 Å². The number of hydrogen-bond donors (Lipinski definition) is 1. The number of carboxylic acids is 1. The molecule has 1 unspecified atom stereocenters. The van der Waals surface area contributed by atoms with Gasteiger partial charge in [0.25, 0.3) is 0 Å². The summed E-state index contributed by atoms with van der Waals surface area (Å²) >= 11 is 0. The molecule has 1 aromatic heterocycles. The zero-order valence-electron chi connectivity index (χ0n) is 9.17. The van der Waals surface area contributed by atoms with Crippen LogP contribution in [0.15, 0.2) is 6.07 Å². The fourth-order valence-corrected chi connectivity index (χ4v) is 1.86. The van der Waals surface area contributed by atoms with Crippen molar-refractivity contribution in [1.29, 1.82) is 0 Å². The van der Waals surface area contributed by atoms with Crippen molar-refractivity contribution in [3.05, 3.63) is 11.8 Å². The van der Waals surface area contributed by atoms with Crippen molar-refractivity contribution >= 4 is 17.7 Å². The average molecular weight is 223 g/mol. The van der Waals surface area contributed by atoms with Crippen LogP contribution in [0.5, 0.6) is 0 Å². The molecule has 2 heterocycles. The van der Waals surface area contributed by atoms with E-state index in [0.717, 1.165) is 5.69 Å². The Bertz CT molecular complexity index is 452. The van der Waals surface area contributed by atoms with E-state index in [9.17, 15) is 9.59 Å². The number of carbonyl (C=O) groups excluding carboxylic acids is 1. The van der Waals surface area contributed by atoms with Gasteiger partial charge in [-0.3, -0.25) is 9.69 Å². The molecule has 2 rings (SSSR count). The molecule has 16 heavy (non-hydrogen) atoms. The molecular weight excluding hydrogens is 210 g/mol. The molecule has 0 aromatic carbocycles. The van der Waals surface area contributed by atoms with Crippen molar-refractivity contribution in [3.8, 4) is 0 Å². The molecule has 6 nitrogen and oxygen atoms in total. The van der Waals surface area contributed by atoms with Crippen molar-refractivity contribution < 1.29 is 14.7 Å². The van der Waals surface area contributed by atoms with Crippen LogP contribution in [0.3, 0.4) is 0 Å². The summed E-state index contributed by atoms with van der Waals surface area (Å²) in [7, 11) is 0. The van der Waals surface area contributed by atoms with Gasteiger partial charge < -0.3 is 5.11 Å². The van der Waals surface area contributed by atoms with Crippen LogP contribution in [0.1, 0.15) is 19.0 Å². The largest absolute Gasteiger partial charge is 0.480 e. The van der Waals surface area contributed by atoms with E-state index in [1.54, 1.807) is 10.7 Å². The number of rotatable bonds is 2. The van der Waals surface area contributed by atoms with Gasteiger partial charge >= 0.3 is 5.97 Å². The van der Waals surface area contributed by atoms with Gasteiger partial charge in [-0.2, -0.15) is 5.10 Å². The summed E-state index contributed by atoms with van der Waals surface area (Å²) in [6, 6.07) is 0.874. The van der Waals surface area contributed by atoms with Crippen molar-refractivity contribution in [2.24, 2.45) is 0 Å². The van der Waals surface area contributed by atoms with E-state index >= 15 is 0 Å². The summed E-state index contributed by atoms with van der Waals surface area (Å²) in [5.74, 6) is -0.605. The van der Waals surface area contributed by atoms with Crippen LogP contribution in [0.2, 0.25) is 0 Å². The highest BCUT2D eigenvalue weighted by Gasteiger charge is 2.32. The highest BCUT2D eigenvalue weighted by atomic mass is 16.4. The van der Waals surface area contributed by atoms with Gasteiger partial charge in [-0.05, 0) is 13.8 Å². The Hall–Kier alpha value is -1.85. The maximum Gasteiger partial charge on any atom is 0.326 e. The molecule has 6 heteroatoms. The number of nitrogens with zero attached hydrogens (tertiary/aromatic N) is 3. The average Bonchev–Trinajstić information content (AvgIpc) is 2.57. The Morgan fingerprint density at radius 2 is 2.31 bits per heavy atom. The maximum atomic E-state index is 11.7. The second-order valence-corrected chi connectivity index (χ2v) is 3.90. The van der Waals surface area contributed by atoms with Crippen molar-refractivity contribution in [2.45, 2.75) is 32.9 Å². The highest BCUT2D eigenvalue weighted by molar-refractivity contribution is 5.99. The third-order valence-corrected chi connectivity index (χ3v) is 2.68. The molecule has 86 valence electrons. The quantitative estimate of drug-likeness (QED) is 0.787. The summed E-state index contributed by atoms with van der Waals surface area (Å²) in [5.41, 5.74) is 0.785. The number of aromatic nitrogens is 2. The predicted octanol–water partition coefficient (Wildman–Crippen LogP) is 0.401. The normalized spacial score (nSPS) is 17.1. The smallest absolute Gasteiger partial charge is 0.326 e. The van der Waals surface area contributed by atoms with Crippen LogP contribution in [0.4, 0.5) is 5.82 Å². The Labute approximate surface area is 92.5 Å². The number of amides is 1. The van der Waals surface area contributed by atoms with Gasteiger partial charge in [-0.25, -0.2) is 9.48 Å². The number of aliphatic carboxylic acids is 1. The van der Waals surface area contributed by atoms with Crippen LogP contribution in [-0.4, -0.2) is 32.8 Å². The van der Waals surface area contributed by atoms with Crippen LogP contribution < -0.4 is 4.90 Å². The standard InChI is InChI=1S/C10H13N3O3/c1-6-5-8-12(11-6)4-3-9(14)13(8)7(2)10(15)16/h5,7H,3-4H2,1-2H3,(H,15,16). The lowest BCUT2D eigenvalue weighted by Gasteiger charge is -2.30. The third kappa shape index (κ3) is 1.56. The number of anilines is 1. The first-order valence-electron chi connectivity index (χ1n) is 5.10. The lowest BCUT2D eigenvalue weighted by Crippen LogP contribution is -2.47. The molecule has 1 aliphatic heterocycles. The molecule has 0 spiro atoms. The molecule has 1 atom stereocenters. The van der Waals surface area contributed by atoms with Crippen molar-refractivity contribution in [3.63, 3.8) is 0 Å². The lowest BCUT2D eigenvalue weighted by atomic mass is 10.2. The number of hydrogen-bond acceptors (Lipinski definition) is 3. The monoisotopic (exact) mass is 223 g/mol. The molecule has 0 aliphatic carbocycles. The van der Waals surface area contributed by atoms with E-state index in [1.165, 1.54) is 11.8 Å². The molecule has 0 saturated carbocycles. The summed E-state index contributed by atoms with van der Waals surface area (Å²) in [5, 5.41) is 13.2. The van der Waals surface area contributed by atoms with Gasteiger partial charge in [0, 0.05) is 12.5 Å². The maximum absolute atomic E-state index is 11.7. The van der Waals surface area contributed by atoms with Crippen LogP contribution in [0, 0.1) is 6.92 Å². The number of carboxylic acid groups (broad SMARTS) is 1. The second-order valence-electron chi connectivity index (χ2n) is 3.90. The Kier molecular flexibility index (Phi) is 2.41. The Morgan fingerprint density at radius 3 is 2.94 bits per heavy atom. The van der Waals surface area contributed by atoms with Gasteiger partial charge in [0.15, 0.2) is 0 Å². The van der Waals surface area contributed by atoms with Crippen LogP contribution >= 0.6 is 0 Å². The van der Waals surface area contributed by atoms with Gasteiger partial charge in [-0.1, -0.05) is 0 Å². The van der Waals surface area contributed by atoms with Gasteiger partial charge in [-0.15, -0.1) is 0 Å². The minimum atomic E-state index is -1.01. The highest BCUT2D eigenvalue weighted by Crippen LogP contribution is 2.24. The fraction of sp³-hybridized carbons (Fsp3) is 0.500. The first kappa shape index (κ1) is 10.7. The third-order valence-electron chi connectivity index (χ3n) is 2.68. The number of aryl methyl sites for hydroxylation is 2. The van der Waals surface area contributed by atoms with Crippen molar-refractivity contribution in [2.75, 3.05) is 4.90 Å². The van der Waals surface area contributed by atoms with E-state index in [0.29, 0.717) is 18.8 Å². The first-order chi connectivity index (χ1) is 7.50. The van der Waals surface area contributed by atoms with Gasteiger partial charge in [0.1, 0.15) is 11.9 Å². The predicted molar refractivity (Wildman–Crippen MR) is 56.2 cm³/mol. The molecule has 0 saturated heterocycles. The molecule has 0 radical (unpaired) electrons. The molecule has 0 bridgehead atoms. The molecule has 1 amide bonds. The lowest BCUT2D eigenvalue weighted by molar-refractivity contribution is -0.139. The SMILES string of the molecule is Cc1cc2n(n1)CCC(=O)N2C(C)C(=O)O. The minimum absolute atomic E-state index is 0.165. The first-order valence-corrected chi connectivity index (χ1v) is 5.10. The zero-order valence-corrected chi connectivity index (χ0v) is 9.17. The van der Waals surface area contributed by atoms with Crippen LogP contribution in [-0.2, 0) is 16.1 Å². The molecule has 1 aromatic rings. The summed E-state index contributed by atoms with van der Waals surface area (Å²) in [4.78, 5) is 24.0. The minimum Gasteiger partial charge on any atom is -0.480 e. The van der Waals surface area contributed by atoms with E-state index in [4.69, 9.17) is 5.11 Å². The topological polar surface area (TPSA) is 75.4 Å². The fourth-order valence-electron chi connectivity index (χ4n) is 1.86. The summed E-state index contributed by atoms with van der Waals surface area (Å²) < 4.78 is 1.68. The second kappa shape index (κ2) is 3.62. The van der Waals surface area contributed by atoms with E-state index in [2.05, 4.69) is 5.10 Å². The van der Waals surface area contributed by atoms with Crippen molar-refractivity contribution in [1.82, 2.24) is 9.78 Å². The van der Waals surface area contributed by atoms with E-state index in [-0.39, 0.29) is 5.91 Å². The summed E-state index contributed by atoms with van der Waals surface area (Å²) in [6.45, 7) is 3.84. The van der Waals surface area contributed by atoms with E-state index in [1.807, 2.05) is 6.92 Å². The molecule has 0 fully saturated rings. The Morgan fingerprint density at radius 1 is 1.62 bits per heavy atom. The van der Waals surface area contributed by atoms with Crippen LogP contribution in [0.25, 0.3) is 0 Å². The molecular formula is C10H13N3O3.